The maximum absolute atomic E-state index is 13.6. The monoisotopic (exact) mass is 390 g/mol. The number of aromatic carboxylic acids is 1. The number of unbranched alkanes of at least 4 members (excludes halogenated alkanes) is 1. The third kappa shape index (κ3) is 4.96. The van der Waals surface area contributed by atoms with Crippen molar-refractivity contribution in [2.24, 2.45) is 0 Å². The lowest BCUT2D eigenvalue weighted by Crippen LogP contribution is -2.03. The summed E-state index contributed by atoms with van der Waals surface area (Å²) in [5.74, 6) is -0.859. The van der Waals surface area contributed by atoms with Crippen LogP contribution in [0.15, 0.2) is 60.8 Å². The molecule has 0 saturated heterocycles. The molecule has 146 valence electrons. The molecule has 29 heavy (non-hydrogen) atoms. The lowest BCUT2D eigenvalue weighted by atomic mass is 10.0. The van der Waals surface area contributed by atoms with Gasteiger partial charge in [0.25, 0.3) is 0 Å². The quantitative estimate of drug-likeness (QED) is 0.556. The summed E-state index contributed by atoms with van der Waals surface area (Å²) in [6.45, 7) is 0.395. The van der Waals surface area contributed by atoms with Crippen LogP contribution in [0.2, 0.25) is 0 Å². The van der Waals surface area contributed by atoms with Crippen LogP contribution in [-0.4, -0.2) is 22.7 Å². The number of benzene rings is 2. The third-order valence-corrected chi connectivity index (χ3v) is 4.47. The number of aryl methyl sites for hydroxylation is 1. The van der Waals surface area contributed by atoms with Crippen LogP contribution in [-0.2, 0) is 6.42 Å². The van der Waals surface area contributed by atoms with Gasteiger partial charge in [0.15, 0.2) is 0 Å². The van der Waals surface area contributed by atoms with E-state index >= 15 is 0 Å². The van der Waals surface area contributed by atoms with Crippen molar-refractivity contribution in [1.82, 2.24) is 4.98 Å². The molecule has 0 unspecified atom stereocenters. The molecule has 0 saturated carbocycles. The number of carbonyl (C=O) groups is 1. The van der Waals surface area contributed by atoms with Crippen LogP contribution in [0.25, 0.3) is 11.3 Å². The van der Waals surface area contributed by atoms with Crippen molar-refractivity contribution in [3.05, 3.63) is 83.3 Å². The Hall–Kier alpha value is -3.72. The van der Waals surface area contributed by atoms with Gasteiger partial charge in [0, 0.05) is 11.8 Å². The van der Waals surface area contributed by atoms with E-state index in [-0.39, 0.29) is 11.4 Å². The van der Waals surface area contributed by atoms with Gasteiger partial charge < -0.3 is 9.84 Å². The zero-order chi connectivity index (χ0) is 20.6. The Morgan fingerprint density at radius 3 is 2.72 bits per heavy atom. The van der Waals surface area contributed by atoms with Crippen LogP contribution < -0.4 is 4.74 Å². The van der Waals surface area contributed by atoms with Crippen molar-refractivity contribution in [2.75, 3.05) is 6.61 Å². The van der Waals surface area contributed by atoms with Crippen molar-refractivity contribution >= 4 is 5.97 Å². The second kappa shape index (κ2) is 9.47. The van der Waals surface area contributed by atoms with Gasteiger partial charge in [-0.25, -0.2) is 9.18 Å². The number of carboxylic acid groups (broad SMARTS) is 1. The smallest absolute Gasteiger partial charge is 0.337 e. The van der Waals surface area contributed by atoms with Crippen molar-refractivity contribution in [3.63, 3.8) is 0 Å². The van der Waals surface area contributed by atoms with Gasteiger partial charge in [-0.05, 0) is 61.2 Å². The molecule has 6 heteroatoms. The molecule has 1 heterocycles. The number of nitrogens with zero attached hydrogens (tertiary/aromatic N) is 2. The van der Waals surface area contributed by atoms with Gasteiger partial charge >= 0.3 is 5.97 Å². The van der Waals surface area contributed by atoms with Crippen LogP contribution in [0.4, 0.5) is 4.39 Å². The number of pyridine rings is 1. The predicted octanol–water partition coefficient (Wildman–Crippen LogP) is 4.86. The number of halogens is 1. The molecule has 0 bridgehead atoms. The molecular formula is C23H19FN2O3. The minimum atomic E-state index is -1.08. The summed E-state index contributed by atoms with van der Waals surface area (Å²) in [5, 5.41) is 18.8. The number of carboxylic acids is 1. The SMILES string of the molecule is N#Cc1cc(-c2ncccc2C(=O)O)ccc1OCCCCc1ccccc1F. The lowest BCUT2D eigenvalue weighted by Gasteiger charge is -2.10. The second-order valence-electron chi connectivity index (χ2n) is 6.42. The minimum absolute atomic E-state index is 0.0678. The Morgan fingerprint density at radius 1 is 1.14 bits per heavy atom. The average molecular weight is 390 g/mol. The molecule has 0 amide bonds. The van der Waals surface area contributed by atoms with E-state index in [0.29, 0.717) is 47.6 Å². The molecule has 0 radical (unpaired) electrons. The Bertz CT molecular complexity index is 1060. The molecule has 5 nitrogen and oxygen atoms in total. The Kier molecular flexibility index (Phi) is 6.54. The molecule has 1 N–H and O–H groups in total. The highest BCUT2D eigenvalue weighted by Gasteiger charge is 2.14. The number of aromatic nitrogens is 1. The van der Waals surface area contributed by atoms with Gasteiger partial charge in [-0.2, -0.15) is 5.26 Å². The summed E-state index contributed by atoms with van der Waals surface area (Å²) >= 11 is 0. The number of rotatable bonds is 8. The van der Waals surface area contributed by atoms with Crippen LogP contribution in [0, 0.1) is 17.1 Å². The van der Waals surface area contributed by atoms with Gasteiger partial charge in [0.2, 0.25) is 0 Å². The molecule has 0 spiro atoms. The normalized spacial score (nSPS) is 10.3. The van der Waals surface area contributed by atoms with Crippen LogP contribution >= 0.6 is 0 Å². The molecule has 2 aromatic carbocycles. The minimum Gasteiger partial charge on any atom is -0.492 e. The van der Waals surface area contributed by atoms with Gasteiger partial charge in [0.1, 0.15) is 17.6 Å². The highest BCUT2D eigenvalue weighted by molar-refractivity contribution is 5.94. The topological polar surface area (TPSA) is 83.2 Å². The van der Waals surface area contributed by atoms with E-state index in [1.54, 1.807) is 36.4 Å². The van der Waals surface area contributed by atoms with E-state index in [4.69, 9.17) is 4.74 Å². The summed E-state index contributed by atoms with van der Waals surface area (Å²) in [4.78, 5) is 15.5. The van der Waals surface area contributed by atoms with Crippen LogP contribution in [0.3, 0.4) is 0 Å². The second-order valence-corrected chi connectivity index (χ2v) is 6.42. The third-order valence-electron chi connectivity index (χ3n) is 4.47. The largest absolute Gasteiger partial charge is 0.492 e. The first-order valence-corrected chi connectivity index (χ1v) is 9.19. The Balaban J connectivity index is 1.64. The number of ether oxygens (including phenoxy) is 1. The predicted molar refractivity (Wildman–Crippen MR) is 106 cm³/mol. The van der Waals surface area contributed by atoms with Crippen molar-refractivity contribution in [2.45, 2.75) is 19.3 Å². The Labute approximate surface area is 168 Å². The molecule has 3 aromatic rings. The fourth-order valence-electron chi connectivity index (χ4n) is 3.00. The first kappa shape index (κ1) is 20.0. The van der Waals surface area contributed by atoms with Gasteiger partial charge in [-0.3, -0.25) is 4.98 Å². The van der Waals surface area contributed by atoms with Crippen molar-refractivity contribution < 1.29 is 19.0 Å². The van der Waals surface area contributed by atoms with Crippen molar-refractivity contribution in [3.8, 4) is 23.1 Å². The fraction of sp³-hybridized carbons (Fsp3) is 0.174. The highest BCUT2D eigenvalue weighted by atomic mass is 19.1. The maximum atomic E-state index is 13.6. The number of nitriles is 1. The van der Waals surface area contributed by atoms with Gasteiger partial charge in [-0.15, -0.1) is 0 Å². The van der Waals surface area contributed by atoms with Gasteiger partial charge in [-0.1, -0.05) is 18.2 Å². The molecular weight excluding hydrogens is 371 g/mol. The first-order valence-electron chi connectivity index (χ1n) is 9.19. The maximum Gasteiger partial charge on any atom is 0.337 e. The summed E-state index contributed by atoms with van der Waals surface area (Å²) < 4.78 is 19.3. The average Bonchev–Trinajstić information content (AvgIpc) is 2.74. The van der Waals surface area contributed by atoms with E-state index in [1.165, 1.54) is 18.3 Å². The summed E-state index contributed by atoms with van der Waals surface area (Å²) in [6, 6.07) is 16.7. The zero-order valence-electron chi connectivity index (χ0n) is 15.6. The molecule has 3 rings (SSSR count). The van der Waals surface area contributed by atoms with E-state index in [0.717, 1.165) is 6.42 Å². The van der Waals surface area contributed by atoms with Crippen LogP contribution in [0.5, 0.6) is 5.75 Å². The summed E-state index contributed by atoms with van der Waals surface area (Å²) in [6.07, 6.45) is 3.60. The molecule has 1 aromatic heterocycles. The van der Waals surface area contributed by atoms with E-state index in [1.807, 2.05) is 6.07 Å². The number of hydrogen-bond acceptors (Lipinski definition) is 4. The van der Waals surface area contributed by atoms with Gasteiger partial charge in [0.05, 0.1) is 23.4 Å². The Morgan fingerprint density at radius 2 is 1.97 bits per heavy atom. The van der Waals surface area contributed by atoms with Crippen LogP contribution in [0.1, 0.15) is 34.3 Å². The summed E-state index contributed by atoms with van der Waals surface area (Å²) in [5.41, 5.74) is 1.88. The molecule has 0 fully saturated rings. The van der Waals surface area contributed by atoms with E-state index in [2.05, 4.69) is 11.1 Å². The number of hydrogen-bond donors (Lipinski definition) is 1. The fourth-order valence-corrected chi connectivity index (χ4v) is 3.00. The zero-order valence-corrected chi connectivity index (χ0v) is 15.6. The first-order chi connectivity index (χ1) is 14.1. The molecule has 0 aliphatic heterocycles. The lowest BCUT2D eigenvalue weighted by molar-refractivity contribution is 0.0697. The van der Waals surface area contributed by atoms with E-state index in [9.17, 15) is 19.6 Å². The molecule has 0 aliphatic rings. The standard InChI is InChI=1S/C23H19FN2O3/c24-20-9-2-1-6-16(20)7-3-4-13-29-21-11-10-17(14-18(21)15-25)22-19(23(27)28)8-5-12-26-22/h1-2,5-6,8-12,14H,3-4,7,13H2,(H,27,28). The molecule has 0 aliphatic carbocycles. The van der Waals surface area contributed by atoms with Crippen molar-refractivity contribution in [1.29, 1.82) is 5.26 Å². The summed E-state index contributed by atoms with van der Waals surface area (Å²) in [7, 11) is 0. The molecule has 0 atom stereocenters. The van der Waals surface area contributed by atoms with E-state index < -0.39 is 5.97 Å². The highest BCUT2D eigenvalue weighted by Crippen LogP contribution is 2.27.